The SMILES string of the molecule is CCCCCCCCCCCCCCON(c1ccccc1)c1ccc(O)cc1. The zero-order valence-corrected chi connectivity index (χ0v) is 18.2. The van der Waals surface area contributed by atoms with Crippen LogP contribution in [-0.4, -0.2) is 11.7 Å². The van der Waals surface area contributed by atoms with Crippen LogP contribution in [0, 0.1) is 0 Å². The highest BCUT2D eigenvalue weighted by Gasteiger charge is 2.10. The molecule has 0 bridgehead atoms. The molecule has 29 heavy (non-hydrogen) atoms. The Kier molecular flexibility index (Phi) is 12.0. The van der Waals surface area contributed by atoms with Gasteiger partial charge in [0.05, 0.1) is 18.0 Å². The number of phenolic OH excluding ortho intramolecular Hbond substituents is 1. The number of benzene rings is 2. The third kappa shape index (κ3) is 9.85. The molecule has 0 fully saturated rings. The van der Waals surface area contributed by atoms with Gasteiger partial charge in [-0.3, -0.25) is 4.84 Å². The number of hydrogen-bond acceptors (Lipinski definition) is 3. The number of anilines is 2. The van der Waals surface area contributed by atoms with Crippen molar-refractivity contribution >= 4 is 11.4 Å². The molecule has 3 nitrogen and oxygen atoms in total. The fourth-order valence-electron chi connectivity index (χ4n) is 3.55. The van der Waals surface area contributed by atoms with Gasteiger partial charge in [-0.15, -0.1) is 0 Å². The van der Waals surface area contributed by atoms with E-state index in [0.717, 1.165) is 17.8 Å². The van der Waals surface area contributed by atoms with Crippen molar-refractivity contribution in [3.05, 3.63) is 54.6 Å². The summed E-state index contributed by atoms with van der Waals surface area (Å²) >= 11 is 0. The lowest BCUT2D eigenvalue weighted by Crippen LogP contribution is -2.18. The van der Waals surface area contributed by atoms with E-state index in [9.17, 15) is 5.11 Å². The molecular formula is C26H39NO2. The molecule has 2 aromatic rings. The summed E-state index contributed by atoms with van der Waals surface area (Å²) in [5.41, 5.74) is 1.92. The van der Waals surface area contributed by atoms with Crippen LogP contribution in [0.25, 0.3) is 0 Å². The van der Waals surface area contributed by atoms with Crippen LogP contribution in [0.5, 0.6) is 5.75 Å². The van der Waals surface area contributed by atoms with Gasteiger partial charge in [-0.25, -0.2) is 5.06 Å². The lowest BCUT2D eigenvalue weighted by atomic mass is 10.1. The van der Waals surface area contributed by atoms with Crippen molar-refractivity contribution in [2.45, 2.75) is 84.0 Å². The highest BCUT2D eigenvalue weighted by molar-refractivity contribution is 5.60. The van der Waals surface area contributed by atoms with Gasteiger partial charge in [0.1, 0.15) is 5.75 Å². The van der Waals surface area contributed by atoms with Crippen LogP contribution >= 0.6 is 0 Å². The molecule has 160 valence electrons. The van der Waals surface area contributed by atoms with Crippen LogP contribution in [0.3, 0.4) is 0 Å². The van der Waals surface area contributed by atoms with E-state index in [1.807, 2.05) is 47.5 Å². The van der Waals surface area contributed by atoms with E-state index in [1.165, 1.54) is 70.6 Å². The highest BCUT2D eigenvalue weighted by Crippen LogP contribution is 2.27. The van der Waals surface area contributed by atoms with Crippen LogP contribution in [0.2, 0.25) is 0 Å². The lowest BCUT2D eigenvalue weighted by molar-refractivity contribution is 0.131. The van der Waals surface area contributed by atoms with Crippen LogP contribution in [0.1, 0.15) is 84.0 Å². The van der Waals surface area contributed by atoms with Crippen molar-refractivity contribution < 1.29 is 9.94 Å². The minimum Gasteiger partial charge on any atom is -0.508 e. The molecule has 2 aromatic carbocycles. The van der Waals surface area contributed by atoms with Gasteiger partial charge in [0, 0.05) is 0 Å². The summed E-state index contributed by atoms with van der Waals surface area (Å²) in [7, 11) is 0. The molecule has 0 aliphatic carbocycles. The second kappa shape index (κ2) is 14.9. The summed E-state index contributed by atoms with van der Waals surface area (Å²) in [6.07, 6.45) is 16.1. The first-order valence-corrected chi connectivity index (χ1v) is 11.6. The Labute approximate surface area is 177 Å². The van der Waals surface area contributed by atoms with Gasteiger partial charge in [-0.2, -0.15) is 0 Å². The largest absolute Gasteiger partial charge is 0.508 e. The molecule has 0 aliphatic heterocycles. The van der Waals surface area contributed by atoms with Crippen molar-refractivity contribution in [2.75, 3.05) is 11.7 Å². The number of aromatic hydroxyl groups is 1. The number of phenols is 1. The summed E-state index contributed by atoms with van der Waals surface area (Å²) in [6, 6.07) is 17.2. The Morgan fingerprint density at radius 3 is 1.66 bits per heavy atom. The smallest absolute Gasteiger partial charge is 0.115 e. The molecule has 1 N–H and O–H groups in total. The predicted octanol–water partition coefficient (Wildman–Crippen LogP) is 8.16. The van der Waals surface area contributed by atoms with E-state index in [-0.39, 0.29) is 5.75 Å². The Morgan fingerprint density at radius 1 is 0.621 bits per heavy atom. The van der Waals surface area contributed by atoms with Crippen molar-refractivity contribution in [3.8, 4) is 5.75 Å². The zero-order valence-electron chi connectivity index (χ0n) is 18.2. The fourth-order valence-corrected chi connectivity index (χ4v) is 3.55. The molecule has 0 amide bonds. The predicted molar refractivity (Wildman–Crippen MR) is 124 cm³/mol. The maximum Gasteiger partial charge on any atom is 0.115 e. The molecule has 0 unspecified atom stereocenters. The Bertz CT molecular complexity index is 627. The van der Waals surface area contributed by atoms with E-state index >= 15 is 0 Å². The Hall–Kier alpha value is -2.00. The fraction of sp³-hybridized carbons (Fsp3) is 0.538. The van der Waals surface area contributed by atoms with E-state index in [4.69, 9.17) is 4.84 Å². The lowest BCUT2D eigenvalue weighted by Gasteiger charge is -2.24. The maximum atomic E-state index is 9.55. The maximum absolute atomic E-state index is 9.55. The zero-order chi connectivity index (χ0) is 20.6. The van der Waals surface area contributed by atoms with Crippen LogP contribution in [0.4, 0.5) is 11.4 Å². The summed E-state index contributed by atoms with van der Waals surface area (Å²) < 4.78 is 0. The van der Waals surface area contributed by atoms with Gasteiger partial charge in [0.2, 0.25) is 0 Å². The molecule has 0 heterocycles. The number of nitrogens with zero attached hydrogens (tertiary/aromatic N) is 1. The second-order valence-electron chi connectivity index (χ2n) is 7.87. The number of unbranched alkanes of at least 4 members (excludes halogenated alkanes) is 11. The summed E-state index contributed by atoms with van der Waals surface area (Å²) in [5, 5.41) is 11.4. The summed E-state index contributed by atoms with van der Waals surface area (Å²) in [5.74, 6) is 0.266. The third-order valence-electron chi connectivity index (χ3n) is 5.29. The average Bonchev–Trinajstić information content (AvgIpc) is 2.75. The first kappa shape index (κ1) is 23.3. The normalized spacial score (nSPS) is 10.9. The van der Waals surface area contributed by atoms with E-state index in [2.05, 4.69) is 6.92 Å². The first-order valence-electron chi connectivity index (χ1n) is 11.6. The Morgan fingerprint density at radius 2 is 1.10 bits per heavy atom. The third-order valence-corrected chi connectivity index (χ3v) is 5.29. The van der Waals surface area contributed by atoms with Crippen LogP contribution in [-0.2, 0) is 4.84 Å². The Balaban J connectivity index is 1.60. The van der Waals surface area contributed by atoms with Crippen LogP contribution in [0.15, 0.2) is 54.6 Å². The topological polar surface area (TPSA) is 32.7 Å². The van der Waals surface area contributed by atoms with Gasteiger partial charge in [0.15, 0.2) is 0 Å². The molecule has 2 rings (SSSR count). The molecule has 0 radical (unpaired) electrons. The molecule has 0 aliphatic rings. The van der Waals surface area contributed by atoms with E-state index in [0.29, 0.717) is 6.61 Å². The molecule has 3 heteroatoms. The van der Waals surface area contributed by atoms with Crippen molar-refractivity contribution in [1.82, 2.24) is 0 Å². The number of rotatable bonds is 16. The molecule has 0 aromatic heterocycles. The quantitative estimate of drug-likeness (QED) is 0.229. The summed E-state index contributed by atoms with van der Waals surface area (Å²) in [4.78, 5) is 6.10. The van der Waals surface area contributed by atoms with E-state index in [1.54, 1.807) is 12.1 Å². The number of hydrogen-bond donors (Lipinski definition) is 1. The van der Waals surface area contributed by atoms with Crippen molar-refractivity contribution in [1.29, 1.82) is 0 Å². The van der Waals surface area contributed by atoms with Crippen LogP contribution < -0.4 is 5.06 Å². The van der Waals surface area contributed by atoms with Crippen molar-refractivity contribution in [2.24, 2.45) is 0 Å². The van der Waals surface area contributed by atoms with Crippen molar-refractivity contribution in [3.63, 3.8) is 0 Å². The van der Waals surface area contributed by atoms with E-state index < -0.39 is 0 Å². The average molecular weight is 398 g/mol. The highest BCUT2D eigenvalue weighted by atomic mass is 16.7. The van der Waals surface area contributed by atoms with Gasteiger partial charge in [0.25, 0.3) is 0 Å². The molecule has 0 saturated heterocycles. The molecule has 0 saturated carbocycles. The summed E-state index contributed by atoms with van der Waals surface area (Å²) in [6.45, 7) is 2.98. The molecule has 0 spiro atoms. The minimum atomic E-state index is 0.266. The van der Waals surface area contributed by atoms with Gasteiger partial charge in [-0.1, -0.05) is 95.8 Å². The number of para-hydroxylation sites is 1. The first-order chi connectivity index (χ1) is 14.3. The van der Waals surface area contributed by atoms with Gasteiger partial charge < -0.3 is 5.11 Å². The standard InChI is InChI=1S/C26H39NO2/c1-2-3-4-5-6-7-8-9-10-11-12-16-23-29-27(24-17-14-13-15-18-24)25-19-21-26(28)22-20-25/h13-15,17-22,28H,2-12,16,23H2,1H3. The monoisotopic (exact) mass is 397 g/mol. The molecule has 0 atom stereocenters. The minimum absolute atomic E-state index is 0.266. The molecular weight excluding hydrogens is 358 g/mol. The second-order valence-corrected chi connectivity index (χ2v) is 7.87. The van der Waals surface area contributed by atoms with Gasteiger partial charge >= 0.3 is 0 Å². The van der Waals surface area contributed by atoms with Gasteiger partial charge in [-0.05, 0) is 42.8 Å².